The van der Waals surface area contributed by atoms with Gasteiger partial charge in [0.1, 0.15) is 29.8 Å². The standard InChI is InChI=1S/C17H20F2N4O4/c1-4-20-14(25)9(2)21-13(24)8-23-15(26)17(3,22-16(23)27)11-7-10(18)5-6-12(11)19/h5-7,9H,4,8H2,1-3H3,(H,20,25)(H,21,24)(H,22,27)/t9-,17-/m0/s1. The van der Waals surface area contributed by atoms with E-state index in [1.807, 2.05) is 0 Å². The molecule has 0 unspecified atom stereocenters. The summed E-state index contributed by atoms with van der Waals surface area (Å²) in [6.45, 7) is 4.10. The molecule has 0 aliphatic carbocycles. The van der Waals surface area contributed by atoms with Gasteiger partial charge in [0.25, 0.3) is 5.91 Å². The Kier molecular flexibility index (Phi) is 5.77. The first-order chi connectivity index (χ1) is 12.6. The Bertz CT molecular complexity index is 801. The van der Waals surface area contributed by atoms with E-state index in [9.17, 15) is 28.0 Å². The number of hydrogen-bond donors (Lipinski definition) is 3. The SMILES string of the molecule is CCNC(=O)[C@H](C)NC(=O)CN1C(=O)N[C@@](C)(c2cc(F)ccc2F)C1=O. The molecule has 0 radical (unpaired) electrons. The second-order valence-electron chi connectivity index (χ2n) is 6.25. The normalized spacial score (nSPS) is 20.3. The number of halogens is 2. The zero-order valence-electron chi connectivity index (χ0n) is 15.1. The zero-order valence-corrected chi connectivity index (χ0v) is 15.1. The minimum absolute atomic E-state index is 0.348. The number of amides is 5. The van der Waals surface area contributed by atoms with Crippen LogP contribution in [-0.2, 0) is 19.9 Å². The molecule has 0 bridgehead atoms. The topological polar surface area (TPSA) is 108 Å². The van der Waals surface area contributed by atoms with Crippen LogP contribution >= 0.6 is 0 Å². The van der Waals surface area contributed by atoms with Gasteiger partial charge in [0.05, 0.1) is 0 Å². The van der Waals surface area contributed by atoms with Crippen LogP contribution in [0.15, 0.2) is 18.2 Å². The molecule has 1 aliphatic heterocycles. The first kappa shape index (κ1) is 20.3. The van der Waals surface area contributed by atoms with Crippen LogP contribution in [0.5, 0.6) is 0 Å². The van der Waals surface area contributed by atoms with Crippen molar-refractivity contribution >= 4 is 23.8 Å². The van der Waals surface area contributed by atoms with Gasteiger partial charge >= 0.3 is 6.03 Å². The fraction of sp³-hybridized carbons (Fsp3) is 0.412. The number of nitrogens with one attached hydrogen (secondary N) is 3. The maximum atomic E-state index is 14.1. The average Bonchev–Trinajstić information content (AvgIpc) is 2.81. The molecular weight excluding hydrogens is 362 g/mol. The van der Waals surface area contributed by atoms with Crippen molar-refractivity contribution < 1.29 is 28.0 Å². The third kappa shape index (κ3) is 4.04. The summed E-state index contributed by atoms with van der Waals surface area (Å²) in [5.41, 5.74) is -2.20. The molecule has 5 amide bonds. The summed E-state index contributed by atoms with van der Waals surface area (Å²) in [5, 5.41) is 7.17. The smallest absolute Gasteiger partial charge is 0.325 e. The summed E-state index contributed by atoms with van der Waals surface area (Å²) in [6.07, 6.45) is 0. The van der Waals surface area contributed by atoms with Crippen LogP contribution in [0.25, 0.3) is 0 Å². The molecular formula is C17H20F2N4O4. The van der Waals surface area contributed by atoms with Crippen LogP contribution in [0.2, 0.25) is 0 Å². The Morgan fingerprint density at radius 2 is 1.96 bits per heavy atom. The molecule has 27 heavy (non-hydrogen) atoms. The quantitative estimate of drug-likeness (QED) is 0.618. The van der Waals surface area contributed by atoms with Gasteiger partial charge in [0.15, 0.2) is 0 Å². The van der Waals surface area contributed by atoms with Gasteiger partial charge in [-0.1, -0.05) is 0 Å². The lowest BCUT2D eigenvalue weighted by Gasteiger charge is -2.23. The first-order valence-corrected chi connectivity index (χ1v) is 8.26. The maximum absolute atomic E-state index is 14.1. The molecule has 1 saturated heterocycles. The van der Waals surface area contributed by atoms with Crippen LogP contribution in [0.1, 0.15) is 26.3 Å². The lowest BCUT2D eigenvalue weighted by Crippen LogP contribution is -2.49. The van der Waals surface area contributed by atoms with E-state index in [4.69, 9.17) is 0 Å². The van der Waals surface area contributed by atoms with Crippen molar-refractivity contribution in [2.75, 3.05) is 13.1 Å². The fourth-order valence-corrected chi connectivity index (χ4v) is 2.73. The third-order valence-electron chi connectivity index (χ3n) is 4.17. The molecule has 2 rings (SSSR count). The van der Waals surface area contributed by atoms with Gasteiger partial charge in [-0.3, -0.25) is 19.3 Å². The lowest BCUT2D eigenvalue weighted by molar-refractivity contribution is -0.135. The van der Waals surface area contributed by atoms with Crippen molar-refractivity contribution in [3.05, 3.63) is 35.4 Å². The molecule has 1 aromatic rings. The lowest BCUT2D eigenvalue weighted by atomic mass is 9.91. The van der Waals surface area contributed by atoms with Gasteiger partial charge in [-0.15, -0.1) is 0 Å². The van der Waals surface area contributed by atoms with E-state index in [0.717, 1.165) is 18.2 Å². The van der Waals surface area contributed by atoms with E-state index < -0.39 is 53.5 Å². The molecule has 0 saturated carbocycles. The highest BCUT2D eigenvalue weighted by atomic mass is 19.1. The molecule has 146 valence electrons. The zero-order chi connectivity index (χ0) is 20.4. The number of rotatable bonds is 6. The molecule has 1 heterocycles. The molecule has 0 spiro atoms. The molecule has 2 atom stereocenters. The number of nitrogens with zero attached hydrogens (tertiary/aromatic N) is 1. The molecule has 0 aromatic heterocycles. The number of carbonyl (C=O) groups excluding carboxylic acids is 4. The van der Waals surface area contributed by atoms with Crippen molar-refractivity contribution in [1.82, 2.24) is 20.9 Å². The van der Waals surface area contributed by atoms with E-state index in [0.29, 0.717) is 11.4 Å². The fourth-order valence-electron chi connectivity index (χ4n) is 2.73. The Morgan fingerprint density at radius 1 is 1.30 bits per heavy atom. The predicted molar refractivity (Wildman–Crippen MR) is 90.2 cm³/mol. The van der Waals surface area contributed by atoms with Crippen LogP contribution in [0, 0.1) is 11.6 Å². The van der Waals surface area contributed by atoms with Crippen molar-refractivity contribution in [2.24, 2.45) is 0 Å². The van der Waals surface area contributed by atoms with Crippen molar-refractivity contribution in [3.8, 4) is 0 Å². The summed E-state index contributed by atoms with van der Waals surface area (Å²) in [4.78, 5) is 49.1. The van der Waals surface area contributed by atoms with Crippen molar-refractivity contribution in [1.29, 1.82) is 0 Å². The summed E-state index contributed by atoms with van der Waals surface area (Å²) in [7, 11) is 0. The van der Waals surface area contributed by atoms with Gasteiger partial charge in [-0.25, -0.2) is 13.6 Å². The number of carbonyl (C=O) groups is 4. The van der Waals surface area contributed by atoms with Gasteiger partial charge in [0.2, 0.25) is 11.8 Å². The van der Waals surface area contributed by atoms with Gasteiger partial charge in [-0.2, -0.15) is 0 Å². The average molecular weight is 382 g/mol. The van der Waals surface area contributed by atoms with Crippen molar-refractivity contribution in [3.63, 3.8) is 0 Å². The molecule has 1 fully saturated rings. The predicted octanol–water partition coefficient (Wildman–Crippen LogP) is 0.373. The number of urea groups is 1. The van der Waals surface area contributed by atoms with Crippen molar-refractivity contribution in [2.45, 2.75) is 32.4 Å². The summed E-state index contributed by atoms with van der Waals surface area (Å²) < 4.78 is 27.6. The Labute approximate surface area is 154 Å². The van der Waals surface area contributed by atoms with Gasteiger partial charge in [0, 0.05) is 12.1 Å². The minimum atomic E-state index is -1.85. The maximum Gasteiger partial charge on any atom is 0.325 e. The third-order valence-corrected chi connectivity index (χ3v) is 4.17. The molecule has 1 aromatic carbocycles. The highest BCUT2D eigenvalue weighted by molar-refractivity contribution is 6.09. The van der Waals surface area contributed by atoms with E-state index >= 15 is 0 Å². The summed E-state index contributed by atoms with van der Waals surface area (Å²) >= 11 is 0. The minimum Gasteiger partial charge on any atom is -0.355 e. The van der Waals surface area contributed by atoms with E-state index in [1.54, 1.807) is 6.92 Å². The van der Waals surface area contributed by atoms with Crippen LogP contribution < -0.4 is 16.0 Å². The number of hydrogen-bond acceptors (Lipinski definition) is 4. The molecule has 10 heteroatoms. The number of benzene rings is 1. The largest absolute Gasteiger partial charge is 0.355 e. The van der Waals surface area contributed by atoms with Crippen LogP contribution in [0.4, 0.5) is 13.6 Å². The first-order valence-electron chi connectivity index (χ1n) is 8.26. The Morgan fingerprint density at radius 3 is 2.59 bits per heavy atom. The summed E-state index contributed by atoms with van der Waals surface area (Å²) in [6, 6.07) is 0.752. The second-order valence-corrected chi connectivity index (χ2v) is 6.25. The summed E-state index contributed by atoms with van der Waals surface area (Å²) in [5.74, 6) is -3.72. The number of imide groups is 1. The van der Waals surface area contributed by atoms with Crippen LogP contribution in [-0.4, -0.2) is 47.8 Å². The second kappa shape index (κ2) is 7.68. The van der Waals surface area contributed by atoms with Crippen LogP contribution in [0.3, 0.4) is 0 Å². The van der Waals surface area contributed by atoms with E-state index in [1.165, 1.54) is 13.8 Å². The molecule has 3 N–H and O–H groups in total. The highest BCUT2D eigenvalue weighted by Crippen LogP contribution is 2.31. The number of likely N-dealkylation sites (N-methyl/N-ethyl adjacent to an activating group) is 1. The van der Waals surface area contributed by atoms with Gasteiger partial charge in [-0.05, 0) is 39.0 Å². The molecule has 8 nitrogen and oxygen atoms in total. The monoisotopic (exact) mass is 382 g/mol. The van der Waals surface area contributed by atoms with E-state index in [-0.39, 0.29) is 5.56 Å². The Hall–Kier alpha value is -3.04. The van der Waals surface area contributed by atoms with Gasteiger partial charge < -0.3 is 16.0 Å². The van der Waals surface area contributed by atoms with E-state index in [2.05, 4.69) is 16.0 Å². The Balaban J connectivity index is 2.15. The molecule has 1 aliphatic rings. The highest BCUT2D eigenvalue weighted by Gasteiger charge is 2.50.